The van der Waals surface area contributed by atoms with Gasteiger partial charge in [-0.1, -0.05) is 54.9 Å². The van der Waals surface area contributed by atoms with Gasteiger partial charge in [-0.2, -0.15) is 0 Å². The summed E-state index contributed by atoms with van der Waals surface area (Å²) in [4.78, 5) is 11.9. The molecule has 6 aliphatic rings. The van der Waals surface area contributed by atoms with Crippen molar-refractivity contribution in [3.63, 3.8) is 0 Å². The molecule has 19 atom stereocenters. The number of rotatable bonds is 12. The average molecular weight is 737 g/mol. The molecule has 0 bridgehead atoms. The maximum absolute atomic E-state index is 11.9. The first kappa shape index (κ1) is 40.8. The highest BCUT2D eigenvalue weighted by Crippen LogP contribution is 2.66. The number of hydrogen-bond acceptors (Lipinski definition) is 9. The highest BCUT2D eigenvalue weighted by atomic mass is 16.8. The maximum Gasteiger partial charge on any atom is 0.309 e. The zero-order chi connectivity index (χ0) is 38.0. The molecular weight excluding hydrogens is 664 g/mol. The van der Waals surface area contributed by atoms with E-state index in [1.165, 1.54) is 0 Å². The molecule has 0 amide bonds. The molecule has 300 valence electrons. The third-order valence-corrected chi connectivity index (χ3v) is 15.4. The van der Waals surface area contributed by atoms with E-state index >= 15 is 0 Å². The van der Waals surface area contributed by atoms with Gasteiger partial charge in [-0.15, -0.1) is 0 Å². The molecule has 52 heavy (non-hydrogen) atoms. The highest BCUT2D eigenvalue weighted by molar-refractivity contribution is 5.70. The standard InChI is InChI=1S/C42H72O10/c1-10-28(21-23(4)35(43)26(7)32-14-13-15-33(49-32)29(11-2)38(45)46)36-24(5)20-25(6)42(50-36)31-22-30(31)37(44)41(52-42)19-18-39(9,51-41)34-16-17-40(47,12-3)27(8)48-34/h23-37,43-44,47H,10-22H2,1-9H3,(H,45,46). The van der Waals surface area contributed by atoms with E-state index in [0.717, 1.165) is 44.9 Å². The summed E-state index contributed by atoms with van der Waals surface area (Å²) >= 11 is 0. The van der Waals surface area contributed by atoms with E-state index in [9.17, 15) is 25.2 Å². The van der Waals surface area contributed by atoms with Gasteiger partial charge in [0.1, 0.15) is 6.10 Å². The summed E-state index contributed by atoms with van der Waals surface area (Å²) in [5.41, 5.74) is -1.49. The van der Waals surface area contributed by atoms with Crippen LogP contribution in [0.5, 0.6) is 0 Å². The van der Waals surface area contributed by atoms with Gasteiger partial charge < -0.3 is 44.1 Å². The topological polar surface area (TPSA) is 144 Å². The second kappa shape index (κ2) is 15.2. The van der Waals surface area contributed by atoms with Gasteiger partial charge in [0.15, 0.2) is 11.6 Å². The second-order valence-electron chi connectivity index (χ2n) is 18.7. The summed E-state index contributed by atoms with van der Waals surface area (Å²) in [6, 6.07) is 0. The molecule has 6 rings (SSSR count). The third-order valence-electron chi connectivity index (χ3n) is 15.4. The Morgan fingerprint density at radius 2 is 1.63 bits per heavy atom. The predicted octanol–water partition coefficient (Wildman–Crippen LogP) is 6.84. The number of hydrogen-bond donors (Lipinski definition) is 4. The summed E-state index contributed by atoms with van der Waals surface area (Å²) in [7, 11) is 0. The SMILES string of the molecule is CCC(CC(C)C(O)C(C)C1CCCC(C(CC)C(=O)O)O1)C1OC2(OC3(CCC(C)(C4CCC(O)(CC)C(C)O4)O3)C(O)C3CC32)C(C)CC1C. The summed E-state index contributed by atoms with van der Waals surface area (Å²) < 4.78 is 34.4. The molecule has 10 heteroatoms. The van der Waals surface area contributed by atoms with Crippen LogP contribution in [0, 0.1) is 47.3 Å². The predicted molar refractivity (Wildman–Crippen MR) is 196 cm³/mol. The van der Waals surface area contributed by atoms with E-state index in [-0.39, 0.29) is 66.0 Å². The van der Waals surface area contributed by atoms with Crippen molar-refractivity contribution in [2.45, 2.75) is 211 Å². The van der Waals surface area contributed by atoms with E-state index in [1.807, 2.05) is 20.8 Å². The number of ether oxygens (including phenoxy) is 5. The second-order valence-corrected chi connectivity index (χ2v) is 18.7. The minimum atomic E-state index is -1.17. The Kier molecular flexibility index (Phi) is 12.0. The lowest BCUT2D eigenvalue weighted by atomic mass is 9.73. The lowest BCUT2D eigenvalue weighted by Gasteiger charge is -2.56. The fourth-order valence-corrected chi connectivity index (χ4v) is 11.6. The van der Waals surface area contributed by atoms with Gasteiger partial charge in [-0.3, -0.25) is 4.79 Å². The molecule has 1 saturated carbocycles. The molecule has 4 N–H and O–H groups in total. The number of carbonyl (C=O) groups is 1. The van der Waals surface area contributed by atoms with E-state index < -0.39 is 46.9 Å². The number of fused-ring (bicyclic) bond motifs is 2. The van der Waals surface area contributed by atoms with Crippen molar-refractivity contribution in [1.29, 1.82) is 0 Å². The van der Waals surface area contributed by atoms with Crippen molar-refractivity contribution < 1.29 is 48.9 Å². The van der Waals surface area contributed by atoms with Gasteiger partial charge in [0.25, 0.3) is 0 Å². The van der Waals surface area contributed by atoms with Gasteiger partial charge in [-0.05, 0) is 108 Å². The van der Waals surface area contributed by atoms with E-state index in [4.69, 9.17) is 23.7 Å². The van der Waals surface area contributed by atoms with Crippen LogP contribution in [-0.4, -0.2) is 91.9 Å². The van der Waals surface area contributed by atoms with Crippen molar-refractivity contribution in [2.75, 3.05) is 0 Å². The quantitative estimate of drug-likeness (QED) is 0.168. The van der Waals surface area contributed by atoms with Gasteiger partial charge in [-0.25, -0.2) is 0 Å². The van der Waals surface area contributed by atoms with Gasteiger partial charge >= 0.3 is 5.97 Å². The first-order valence-corrected chi connectivity index (χ1v) is 21.2. The highest BCUT2D eigenvalue weighted by Gasteiger charge is 2.74. The third kappa shape index (κ3) is 7.16. The number of carboxylic acid groups (broad SMARTS) is 1. The minimum absolute atomic E-state index is 0.00675. The molecule has 1 aliphatic carbocycles. The van der Waals surface area contributed by atoms with Crippen LogP contribution in [-0.2, 0) is 28.5 Å². The molecule has 5 heterocycles. The largest absolute Gasteiger partial charge is 0.481 e. The fourth-order valence-electron chi connectivity index (χ4n) is 11.6. The van der Waals surface area contributed by atoms with Gasteiger partial charge in [0, 0.05) is 24.2 Å². The zero-order valence-corrected chi connectivity index (χ0v) is 33.6. The molecule has 10 nitrogen and oxygen atoms in total. The number of aliphatic hydroxyl groups excluding tert-OH is 2. The Bertz CT molecular complexity index is 1250. The van der Waals surface area contributed by atoms with Crippen molar-refractivity contribution in [1.82, 2.24) is 0 Å². The van der Waals surface area contributed by atoms with Crippen LogP contribution >= 0.6 is 0 Å². The van der Waals surface area contributed by atoms with Crippen LogP contribution in [0.3, 0.4) is 0 Å². The fraction of sp³-hybridized carbons (Fsp3) is 0.976. The molecule has 5 aliphatic heterocycles. The van der Waals surface area contributed by atoms with Crippen molar-refractivity contribution in [3.8, 4) is 0 Å². The smallest absolute Gasteiger partial charge is 0.309 e. The van der Waals surface area contributed by atoms with Crippen LogP contribution < -0.4 is 0 Å². The van der Waals surface area contributed by atoms with Crippen molar-refractivity contribution >= 4 is 5.97 Å². The molecular formula is C42H72O10. The Morgan fingerprint density at radius 1 is 0.923 bits per heavy atom. The normalized spacial score (nSPS) is 49.2. The summed E-state index contributed by atoms with van der Waals surface area (Å²) in [6.07, 6.45) is 7.37. The number of carboxylic acids is 1. The van der Waals surface area contributed by atoms with Crippen LogP contribution in [0.15, 0.2) is 0 Å². The molecule has 0 aromatic heterocycles. The molecule has 19 unspecified atom stereocenters. The van der Waals surface area contributed by atoms with Crippen LogP contribution in [0.25, 0.3) is 0 Å². The molecule has 6 fully saturated rings. The van der Waals surface area contributed by atoms with Gasteiger partial charge in [0.2, 0.25) is 0 Å². The first-order chi connectivity index (χ1) is 24.5. The number of aliphatic hydroxyl groups is 3. The Labute approximate surface area is 313 Å². The Morgan fingerprint density at radius 3 is 2.27 bits per heavy atom. The Hall–Kier alpha value is -0.850. The molecule has 0 aromatic carbocycles. The summed E-state index contributed by atoms with van der Waals surface area (Å²) in [5, 5.41) is 44.4. The van der Waals surface area contributed by atoms with E-state index in [0.29, 0.717) is 44.4 Å². The lowest BCUT2D eigenvalue weighted by Crippen LogP contribution is -2.66. The number of aliphatic carboxylic acids is 1. The average Bonchev–Trinajstić information content (AvgIpc) is 3.86. The van der Waals surface area contributed by atoms with Crippen LogP contribution in [0.4, 0.5) is 0 Å². The minimum Gasteiger partial charge on any atom is -0.481 e. The van der Waals surface area contributed by atoms with Crippen molar-refractivity contribution in [3.05, 3.63) is 0 Å². The molecule has 0 radical (unpaired) electrons. The van der Waals surface area contributed by atoms with E-state index in [2.05, 4.69) is 41.5 Å². The summed E-state index contributed by atoms with van der Waals surface area (Å²) in [6.45, 7) is 18.8. The molecule has 5 saturated heterocycles. The zero-order valence-electron chi connectivity index (χ0n) is 33.6. The molecule has 2 spiro atoms. The maximum atomic E-state index is 11.9. The first-order valence-electron chi connectivity index (χ1n) is 21.2. The van der Waals surface area contributed by atoms with Crippen LogP contribution in [0.1, 0.15) is 146 Å². The Balaban J connectivity index is 1.15. The van der Waals surface area contributed by atoms with Crippen LogP contribution in [0.2, 0.25) is 0 Å². The van der Waals surface area contributed by atoms with Crippen molar-refractivity contribution in [2.24, 2.45) is 47.3 Å². The van der Waals surface area contributed by atoms with Gasteiger partial charge in [0.05, 0.1) is 53.7 Å². The molecule has 0 aromatic rings. The monoisotopic (exact) mass is 737 g/mol. The lowest BCUT2D eigenvalue weighted by molar-refractivity contribution is -0.447. The van der Waals surface area contributed by atoms with E-state index in [1.54, 1.807) is 0 Å². The summed E-state index contributed by atoms with van der Waals surface area (Å²) in [5.74, 6) is -2.71.